The Labute approximate surface area is 96.8 Å². The van der Waals surface area contributed by atoms with E-state index < -0.39 is 19.1 Å². The Kier molecular flexibility index (Phi) is 4.77. The number of amides is 1. The van der Waals surface area contributed by atoms with Gasteiger partial charge in [-0.05, 0) is 18.8 Å². The van der Waals surface area contributed by atoms with E-state index in [1.54, 1.807) is 0 Å². The van der Waals surface area contributed by atoms with E-state index in [2.05, 4.69) is 0 Å². The average Bonchev–Trinajstić information content (AvgIpc) is 2.74. The van der Waals surface area contributed by atoms with Gasteiger partial charge in [0.2, 0.25) is 5.91 Å². The topological polar surface area (TPSA) is 86.8 Å². The third kappa shape index (κ3) is 2.75. The normalized spacial score (nSPS) is 24.3. The molecular weight excluding hydrogens is 207 g/mol. The summed E-state index contributed by atoms with van der Waals surface area (Å²) in [5, 5.41) is 18.3. The summed E-state index contributed by atoms with van der Waals surface area (Å²) in [7, 11) is -1.46. The molecule has 0 bridgehead atoms. The highest BCUT2D eigenvalue weighted by Crippen LogP contribution is 2.20. The summed E-state index contributed by atoms with van der Waals surface area (Å²) in [5.74, 6) is -0.530. The summed E-state index contributed by atoms with van der Waals surface area (Å²) < 4.78 is 0. The summed E-state index contributed by atoms with van der Waals surface area (Å²) >= 11 is 0. The minimum atomic E-state index is -1.46. The lowest BCUT2D eigenvalue weighted by atomic mass is 9.77. The van der Waals surface area contributed by atoms with Gasteiger partial charge in [-0.3, -0.25) is 4.79 Å². The van der Waals surface area contributed by atoms with E-state index in [-0.39, 0.29) is 11.8 Å². The zero-order valence-electron chi connectivity index (χ0n) is 9.97. The van der Waals surface area contributed by atoms with Gasteiger partial charge in [-0.2, -0.15) is 0 Å². The van der Waals surface area contributed by atoms with Crippen molar-refractivity contribution in [3.8, 4) is 0 Å². The summed E-state index contributed by atoms with van der Waals surface area (Å²) in [6, 6.07) is -0.538. The van der Waals surface area contributed by atoms with Crippen LogP contribution in [-0.2, 0) is 4.79 Å². The van der Waals surface area contributed by atoms with Crippen LogP contribution in [0.4, 0.5) is 0 Å². The second-order valence-electron chi connectivity index (χ2n) is 4.57. The van der Waals surface area contributed by atoms with Crippen LogP contribution in [0, 0.1) is 5.92 Å². The number of hydrogen-bond donors (Lipinski definition) is 3. The Morgan fingerprint density at radius 3 is 2.75 bits per heavy atom. The second-order valence-corrected chi connectivity index (χ2v) is 4.57. The molecule has 0 spiro atoms. The Morgan fingerprint density at radius 2 is 2.25 bits per heavy atom. The highest BCUT2D eigenvalue weighted by atomic mass is 16.4. The van der Waals surface area contributed by atoms with E-state index in [1.807, 2.05) is 13.8 Å². The molecule has 4 N–H and O–H groups in total. The Balaban J connectivity index is 2.65. The highest BCUT2D eigenvalue weighted by Gasteiger charge is 2.39. The van der Waals surface area contributed by atoms with Crippen LogP contribution in [0.25, 0.3) is 0 Å². The molecule has 16 heavy (non-hydrogen) atoms. The van der Waals surface area contributed by atoms with Crippen molar-refractivity contribution in [3.05, 3.63) is 0 Å². The minimum absolute atomic E-state index is 0.115. The van der Waals surface area contributed by atoms with E-state index in [1.165, 1.54) is 4.90 Å². The van der Waals surface area contributed by atoms with E-state index in [0.29, 0.717) is 13.0 Å². The third-order valence-electron chi connectivity index (χ3n) is 3.47. The SMILES string of the molecule is CC[C@@H](C)[C@H](N)C(=O)N1CCC[C@H]1B(O)O. The molecule has 6 heteroatoms. The molecule has 1 saturated heterocycles. The summed E-state index contributed by atoms with van der Waals surface area (Å²) in [6.07, 6.45) is 2.28. The number of nitrogens with two attached hydrogens (primary N) is 1. The van der Waals surface area contributed by atoms with Crippen LogP contribution in [0.1, 0.15) is 33.1 Å². The first-order valence-electron chi connectivity index (χ1n) is 5.91. The van der Waals surface area contributed by atoms with Crippen LogP contribution < -0.4 is 5.73 Å². The summed E-state index contributed by atoms with van der Waals surface area (Å²) in [5.41, 5.74) is 5.86. The maximum absolute atomic E-state index is 12.0. The minimum Gasteiger partial charge on any atom is -0.426 e. The summed E-state index contributed by atoms with van der Waals surface area (Å²) in [4.78, 5) is 13.6. The molecule has 1 amide bonds. The largest absolute Gasteiger partial charge is 0.475 e. The fraction of sp³-hybridized carbons (Fsp3) is 0.900. The molecular formula is C10H21BN2O3. The third-order valence-corrected chi connectivity index (χ3v) is 3.47. The maximum Gasteiger partial charge on any atom is 0.475 e. The number of rotatable bonds is 4. The van der Waals surface area contributed by atoms with Crippen LogP contribution in [0.15, 0.2) is 0 Å². The van der Waals surface area contributed by atoms with Gasteiger partial charge < -0.3 is 20.7 Å². The lowest BCUT2D eigenvalue weighted by Crippen LogP contribution is -2.53. The monoisotopic (exact) mass is 228 g/mol. The molecule has 0 aromatic carbocycles. The van der Waals surface area contributed by atoms with Crippen molar-refractivity contribution < 1.29 is 14.8 Å². The zero-order chi connectivity index (χ0) is 12.3. The van der Waals surface area contributed by atoms with Gasteiger partial charge in [0, 0.05) is 6.54 Å². The molecule has 0 radical (unpaired) electrons. The molecule has 1 heterocycles. The van der Waals surface area contributed by atoms with Gasteiger partial charge in [-0.25, -0.2) is 0 Å². The van der Waals surface area contributed by atoms with Crippen molar-refractivity contribution >= 4 is 13.0 Å². The number of hydrogen-bond acceptors (Lipinski definition) is 4. The smallest absolute Gasteiger partial charge is 0.426 e. The van der Waals surface area contributed by atoms with Gasteiger partial charge in [0.15, 0.2) is 0 Å². The number of carbonyl (C=O) groups excluding carboxylic acids is 1. The molecule has 92 valence electrons. The molecule has 5 nitrogen and oxygen atoms in total. The fourth-order valence-electron chi connectivity index (χ4n) is 2.06. The van der Waals surface area contributed by atoms with Crippen molar-refractivity contribution in [2.45, 2.75) is 45.1 Å². The van der Waals surface area contributed by atoms with Crippen LogP contribution >= 0.6 is 0 Å². The van der Waals surface area contributed by atoms with Crippen molar-refractivity contribution in [2.75, 3.05) is 6.54 Å². The molecule has 3 atom stereocenters. The van der Waals surface area contributed by atoms with Gasteiger partial charge in [0.1, 0.15) is 0 Å². The molecule has 0 aromatic heterocycles. The van der Waals surface area contributed by atoms with Gasteiger partial charge in [0.05, 0.1) is 12.0 Å². The zero-order valence-corrected chi connectivity index (χ0v) is 9.97. The molecule has 1 aliphatic rings. The molecule has 1 fully saturated rings. The molecule has 0 unspecified atom stereocenters. The first kappa shape index (κ1) is 13.5. The van der Waals surface area contributed by atoms with Crippen molar-refractivity contribution in [1.82, 2.24) is 4.90 Å². The van der Waals surface area contributed by atoms with E-state index >= 15 is 0 Å². The van der Waals surface area contributed by atoms with Crippen LogP contribution in [0.2, 0.25) is 0 Å². The lowest BCUT2D eigenvalue weighted by molar-refractivity contribution is -0.133. The van der Waals surface area contributed by atoms with E-state index in [4.69, 9.17) is 15.8 Å². The van der Waals surface area contributed by atoms with Crippen LogP contribution in [0.3, 0.4) is 0 Å². The molecule has 1 rings (SSSR count). The highest BCUT2D eigenvalue weighted by molar-refractivity contribution is 6.43. The Hall–Kier alpha value is -0.585. The van der Waals surface area contributed by atoms with Crippen molar-refractivity contribution in [1.29, 1.82) is 0 Å². The lowest BCUT2D eigenvalue weighted by Gasteiger charge is -2.29. The van der Waals surface area contributed by atoms with Crippen molar-refractivity contribution in [2.24, 2.45) is 11.7 Å². The van der Waals surface area contributed by atoms with Gasteiger partial charge in [-0.15, -0.1) is 0 Å². The molecule has 0 saturated carbocycles. The maximum atomic E-state index is 12.0. The summed E-state index contributed by atoms with van der Waals surface area (Å²) in [6.45, 7) is 4.49. The van der Waals surface area contributed by atoms with Crippen LogP contribution in [0.5, 0.6) is 0 Å². The molecule has 0 aromatic rings. The molecule has 1 aliphatic heterocycles. The van der Waals surface area contributed by atoms with E-state index in [9.17, 15) is 4.79 Å². The number of carbonyl (C=O) groups is 1. The first-order chi connectivity index (χ1) is 7.49. The van der Waals surface area contributed by atoms with Crippen molar-refractivity contribution in [3.63, 3.8) is 0 Å². The molecule has 0 aliphatic carbocycles. The number of nitrogens with zero attached hydrogens (tertiary/aromatic N) is 1. The Morgan fingerprint density at radius 1 is 1.62 bits per heavy atom. The standard InChI is InChI=1S/C10H21BN2O3/c1-3-7(2)9(12)10(14)13-6-4-5-8(13)11(15)16/h7-9,15-16H,3-6,12H2,1-2H3/t7-,8+,9+/m1/s1. The number of likely N-dealkylation sites (tertiary alicyclic amines) is 1. The van der Waals surface area contributed by atoms with E-state index in [0.717, 1.165) is 12.8 Å². The Bertz CT molecular complexity index is 250. The van der Waals surface area contributed by atoms with Gasteiger partial charge in [-0.1, -0.05) is 20.3 Å². The average molecular weight is 228 g/mol. The quantitative estimate of drug-likeness (QED) is 0.559. The van der Waals surface area contributed by atoms with Gasteiger partial charge >= 0.3 is 7.12 Å². The second kappa shape index (κ2) is 5.66. The van der Waals surface area contributed by atoms with Gasteiger partial charge in [0.25, 0.3) is 0 Å². The van der Waals surface area contributed by atoms with Crippen LogP contribution in [-0.4, -0.2) is 46.5 Å². The predicted molar refractivity (Wildman–Crippen MR) is 62.4 cm³/mol. The predicted octanol–water partition coefficient (Wildman–Crippen LogP) is -0.637. The first-order valence-corrected chi connectivity index (χ1v) is 5.91. The fourth-order valence-corrected chi connectivity index (χ4v) is 2.06.